The summed E-state index contributed by atoms with van der Waals surface area (Å²) in [5, 5.41) is 0. The quantitative estimate of drug-likeness (QED) is 0.0199. The monoisotopic (exact) mass is 873 g/mol. The summed E-state index contributed by atoms with van der Waals surface area (Å²) in [6, 6.07) is 0. The Morgan fingerprint density at radius 2 is 0.651 bits per heavy atom. The van der Waals surface area contributed by atoms with Crippen LogP contribution < -0.4 is 0 Å². The molecule has 0 aliphatic heterocycles. The van der Waals surface area contributed by atoms with Crippen molar-refractivity contribution in [3.05, 3.63) is 109 Å². The summed E-state index contributed by atoms with van der Waals surface area (Å²) < 4.78 is 16.7. The van der Waals surface area contributed by atoms with Crippen LogP contribution in [0.1, 0.15) is 213 Å². The second-order valence-corrected chi connectivity index (χ2v) is 16.5. The highest BCUT2D eigenvalue weighted by Crippen LogP contribution is 2.13. The van der Waals surface area contributed by atoms with Crippen molar-refractivity contribution in [3.63, 3.8) is 0 Å². The summed E-state index contributed by atoms with van der Waals surface area (Å²) in [6.07, 6.45) is 67.8. The summed E-state index contributed by atoms with van der Waals surface area (Å²) in [5.74, 6) is -0.978. The fourth-order valence-electron chi connectivity index (χ4n) is 6.58. The van der Waals surface area contributed by atoms with Gasteiger partial charge in [-0.3, -0.25) is 14.4 Å². The van der Waals surface area contributed by atoms with Crippen molar-refractivity contribution in [2.75, 3.05) is 13.2 Å². The molecule has 63 heavy (non-hydrogen) atoms. The minimum atomic E-state index is -0.806. The van der Waals surface area contributed by atoms with Crippen molar-refractivity contribution in [1.82, 2.24) is 0 Å². The van der Waals surface area contributed by atoms with Crippen molar-refractivity contribution in [1.29, 1.82) is 0 Å². The Hall–Kier alpha value is -3.93. The van der Waals surface area contributed by atoms with Gasteiger partial charge in [0, 0.05) is 19.3 Å². The van der Waals surface area contributed by atoms with Crippen LogP contribution in [0, 0.1) is 0 Å². The van der Waals surface area contributed by atoms with E-state index < -0.39 is 6.10 Å². The Kier molecular flexibility index (Phi) is 47.5. The first-order valence-corrected chi connectivity index (χ1v) is 25.5. The fourth-order valence-corrected chi connectivity index (χ4v) is 6.58. The van der Waals surface area contributed by atoms with E-state index in [1.165, 1.54) is 70.6 Å². The van der Waals surface area contributed by atoms with E-state index in [4.69, 9.17) is 14.2 Å². The zero-order chi connectivity index (χ0) is 45.8. The third kappa shape index (κ3) is 49.0. The molecule has 0 heterocycles. The first-order chi connectivity index (χ1) is 31.0. The molecule has 0 saturated heterocycles. The highest BCUT2D eigenvalue weighted by atomic mass is 16.6. The van der Waals surface area contributed by atoms with Gasteiger partial charge in [-0.15, -0.1) is 0 Å². The molecule has 0 amide bonds. The molecule has 0 spiro atoms. The van der Waals surface area contributed by atoms with Gasteiger partial charge in [0.05, 0.1) is 0 Å². The maximum absolute atomic E-state index is 12.8. The zero-order valence-electron chi connectivity index (χ0n) is 40.5. The lowest BCUT2D eigenvalue weighted by molar-refractivity contribution is -0.167. The molecule has 0 saturated carbocycles. The van der Waals surface area contributed by atoms with Crippen LogP contribution in [0.3, 0.4) is 0 Å². The third-order valence-electron chi connectivity index (χ3n) is 10.4. The van der Waals surface area contributed by atoms with Crippen molar-refractivity contribution in [2.45, 2.75) is 219 Å². The smallest absolute Gasteiger partial charge is 0.306 e. The lowest BCUT2D eigenvalue weighted by Crippen LogP contribution is -2.30. The van der Waals surface area contributed by atoms with Crippen LogP contribution in [0.25, 0.3) is 0 Å². The molecule has 0 aliphatic carbocycles. The van der Waals surface area contributed by atoms with Crippen LogP contribution in [0.15, 0.2) is 109 Å². The van der Waals surface area contributed by atoms with Crippen molar-refractivity contribution < 1.29 is 28.6 Å². The van der Waals surface area contributed by atoms with E-state index in [0.29, 0.717) is 19.3 Å². The van der Waals surface area contributed by atoms with Crippen LogP contribution >= 0.6 is 0 Å². The maximum Gasteiger partial charge on any atom is 0.306 e. The third-order valence-corrected chi connectivity index (χ3v) is 10.4. The first-order valence-electron chi connectivity index (χ1n) is 25.5. The molecular formula is C57H92O6. The van der Waals surface area contributed by atoms with Gasteiger partial charge in [-0.05, 0) is 83.5 Å². The van der Waals surface area contributed by atoms with Crippen LogP contribution in [-0.2, 0) is 28.6 Å². The first kappa shape index (κ1) is 59.1. The summed E-state index contributed by atoms with van der Waals surface area (Å²) in [4.78, 5) is 37.9. The standard InChI is InChI=1S/C57H92O6/c1-4-7-10-13-16-19-22-24-26-28-29-30-32-33-35-38-41-44-47-50-56(59)62-53-54(52-61-55(58)49-46-43-40-37-21-18-15-12-9-6-3)63-57(60)51-48-45-42-39-36-34-31-27-25-23-20-17-14-11-8-5-2/h7,10,13,15-16,18-19,22,24,26-33,35,54H,4-6,8-9,11-12,14,17,20-21,23,25,34,36-53H2,1-3H3/b10-7-,16-13-,18-15-,22-19-,26-24-,29-28+,31-27-,32-30-,35-33-. The minimum Gasteiger partial charge on any atom is -0.462 e. The van der Waals surface area contributed by atoms with Crippen molar-refractivity contribution in [3.8, 4) is 0 Å². The average Bonchev–Trinajstić information content (AvgIpc) is 3.28. The molecule has 356 valence electrons. The van der Waals surface area contributed by atoms with Gasteiger partial charge in [0.15, 0.2) is 6.10 Å². The van der Waals surface area contributed by atoms with Crippen LogP contribution in [0.5, 0.6) is 0 Å². The predicted octanol–water partition coefficient (Wildman–Crippen LogP) is 16.8. The molecule has 1 atom stereocenters. The maximum atomic E-state index is 12.8. The summed E-state index contributed by atoms with van der Waals surface area (Å²) in [5.41, 5.74) is 0. The number of esters is 3. The van der Waals surface area contributed by atoms with E-state index >= 15 is 0 Å². The van der Waals surface area contributed by atoms with Crippen LogP contribution in [0.2, 0.25) is 0 Å². The molecule has 0 bridgehead atoms. The Morgan fingerprint density at radius 3 is 1.08 bits per heavy atom. The van der Waals surface area contributed by atoms with Gasteiger partial charge in [0.25, 0.3) is 0 Å². The van der Waals surface area contributed by atoms with E-state index in [0.717, 1.165) is 103 Å². The van der Waals surface area contributed by atoms with Gasteiger partial charge >= 0.3 is 17.9 Å². The van der Waals surface area contributed by atoms with Gasteiger partial charge in [-0.2, -0.15) is 0 Å². The van der Waals surface area contributed by atoms with Gasteiger partial charge in [0.1, 0.15) is 13.2 Å². The molecule has 0 aromatic rings. The SMILES string of the molecule is CC\C=C/C=C\C=C/C=C\C=C\C=C/C=C\CCCCCC(=O)OCC(COC(=O)CCCCCC/C=C\CCCC)OC(=O)CCCCCCC/C=C\CCCCCCCCC. The van der Waals surface area contributed by atoms with Gasteiger partial charge < -0.3 is 14.2 Å². The lowest BCUT2D eigenvalue weighted by atomic mass is 10.1. The van der Waals surface area contributed by atoms with Crippen molar-refractivity contribution >= 4 is 17.9 Å². The number of rotatable bonds is 44. The molecule has 0 aromatic heterocycles. The normalized spacial score (nSPS) is 13.0. The largest absolute Gasteiger partial charge is 0.462 e. The minimum absolute atomic E-state index is 0.104. The van der Waals surface area contributed by atoms with Gasteiger partial charge in [0.2, 0.25) is 0 Å². The molecule has 6 heteroatoms. The van der Waals surface area contributed by atoms with Crippen LogP contribution in [-0.4, -0.2) is 37.2 Å². The second kappa shape index (κ2) is 50.7. The van der Waals surface area contributed by atoms with E-state index in [1.54, 1.807) is 0 Å². The number of carbonyl (C=O) groups is 3. The number of unbranched alkanes of at least 4 members (excludes halogenated alkanes) is 21. The molecule has 0 rings (SSSR count). The second-order valence-electron chi connectivity index (χ2n) is 16.5. The van der Waals surface area contributed by atoms with E-state index in [-0.39, 0.29) is 31.1 Å². The molecular weight excluding hydrogens is 781 g/mol. The molecule has 0 aliphatic rings. The highest BCUT2D eigenvalue weighted by molar-refractivity contribution is 5.71. The zero-order valence-corrected chi connectivity index (χ0v) is 40.5. The average molecular weight is 873 g/mol. The highest BCUT2D eigenvalue weighted by Gasteiger charge is 2.19. The van der Waals surface area contributed by atoms with Crippen molar-refractivity contribution in [2.24, 2.45) is 0 Å². The predicted molar refractivity (Wildman–Crippen MR) is 270 cm³/mol. The summed E-state index contributed by atoms with van der Waals surface area (Å²) in [7, 11) is 0. The number of carbonyl (C=O) groups excluding carboxylic acids is 3. The molecule has 1 unspecified atom stereocenters. The molecule has 6 nitrogen and oxygen atoms in total. The summed E-state index contributed by atoms with van der Waals surface area (Å²) >= 11 is 0. The Morgan fingerprint density at radius 1 is 0.333 bits per heavy atom. The molecule has 0 radical (unpaired) electrons. The van der Waals surface area contributed by atoms with Crippen LogP contribution in [0.4, 0.5) is 0 Å². The number of hydrogen-bond donors (Lipinski definition) is 0. The number of ether oxygens (including phenoxy) is 3. The van der Waals surface area contributed by atoms with Gasteiger partial charge in [-0.1, -0.05) is 220 Å². The lowest BCUT2D eigenvalue weighted by Gasteiger charge is -2.18. The molecule has 0 aromatic carbocycles. The molecule has 0 N–H and O–H groups in total. The number of allylic oxidation sites excluding steroid dienone is 18. The Labute approximate surface area is 387 Å². The Bertz CT molecular complexity index is 1330. The Balaban J connectivity index is 4.50. The van der Waals surface area contributed by atoms with E-state index in [9.17, 15) is 14.4 Å². The number of hydrogen-bond acceptors (Lipinski definition) is 6. The molecule has 0 fully saturated rings. The summed E-state index contributed by atoms with van der Waals surface area (Å²) in [6.45, 7) is 6.37. The van der Waals surface area contributed by atoms with E-state index in [2.05, 4.69) is 57.2 Å². The topological polar surface area (TPSA) is 78.9 Å². The van der Waals surface area contributed by atoms with E-state index in [1.807, 2.05) is 72.9 Å². The fraction of sp³-hybridized carbons (Fsp3) is 0.632. The van der Waals surface area contributed by atoms with Gasteiger partial charge in [-0.25, -0.2) is 0 Å².